The van der Waals surface area contributed by atoms with E-state index < -0.39 is 0 Å². The van der Waals surface area contributed by atoms with Crippen molar-refractivity contribution in [1.82, 2.24) is 4.90 Å². The fourth-order valence-corrected chi connectivity index (χ4v) is 3.88. The van der Waals surface area contributed by atoms with Crippen LogP contribution in [0.2, 0.25) is 0 Å². The lowest BCUT2D eigenvalue weighted by atomic mass is 10.1. The van der Waals surface area contributed by atoms with Crippen LogP contribution >= 0.6 is 11.6 Å². The first-order chi connectivity index (χ1) is 8.20. The molecule has 3 rings (SSSR count). The van der Waals surface area contributed by atoms with Gasteiger partial charge >= 0.3 is 0 Å². The van der Waals surface area contributed by atoms with Gasteiger partial charge < -0.3 is 9.64 Å². The van der Waals surface area contributed by atoms with Crippen LogP contribution in [0.4, 0.5) is 0 Å². The van der Waals surface area contributed by atoms with Crippen molar-refractivity contribution in [3.05, 3.63) is 0 Å². The van der Waals surface area contributed by atoms with Crippen LogP contribution in [0, 0.1) is 17.8 Å². The molecule has 1 amide bonds. The van der Waals surface area contributed by atoms with Crippen molar-refractivity contribution in [2.75, 3.05) is 19.0 Å². The van der Waals surface area contributed by atoms with E-state index in [-0.39, 0.29) is 12.2 Å². The molecule has 0 N–H and O–H groups in total. The first kappa shape index (κ1) is 11.8. The van der Waals surface area contributed by atoms with Gasteiger partial charge in [0.1, 0.15) is 0 Å². The lowest BCUT2D eigenvalue weighted by molar-refractivity contribution is -0.145. The highest BCUT2D eigenvalue weighted by molar-refractivity contribution is 6.18. The fourth-order valence-electron chi connectivity index (χ4n) is 3.71. The number of halogens is 1. The van der Waals surface area contributed by atoms with E-state index in [1.807, 2.05) is 11.8 Å². The number of hydrogen-bond acceptors (Lipinski definition) is 2. The molecule has 0 radical (unpaired) electrons. The van der Waals surface area contributed by atoms with E-state index in [1.54, 1.807) is 0 Å². The van der Waals surface area contributed by atoms with Crippen LogP contribution < -0.4 is 0 Å². The first-order valence-corrected chi connectivity index (χ1v) is 7.24. The number of fused-ring (bicyclic) bond motifs is 1. The monoisotopic (exact) mass is 257 g/mol. The van der Waals surface area contributed by atoms with Gasteiger partial charge in [0, 0.05) is 19.0 Å². The molecule has 4 unspecified atom stereocenters. The number of carbonyl (C=O) groups is 1. The molecule has 96 valence electrons. The average molecular weight is 258 g/mol. The van der Waals surface area contributed by atoms with E-state index >= 15 is 0 Å². The normalized spacial score (nSPS) is 44.6. The van der Waals surface area contributed by atoms with E-state index in [1.165, 1.54) is 19.3 Å². The van der Waals surface area contributed by atoms with E-state index in [2.05, 4.69) is 0 Å². The van der Waals surface area contributed by atoms with Crippen molar-refractivity contribution < 1.29 is 9.53 Å². The molecule has 0 bridgehead atoms. The summed E-state index contributed by atoms with van der Waals surface area (Å²) >= 11 is 5.84. The topological polar surface area (TPSA) is 29.5 Å². The minimum atomic E-state index is 0.0166. The molecular weight excluding hydrogens is 238 g/mol. The minimum Gasteiger partial charge on any atom is -0.370 e. The molecule has 4 heteroatoms. The van der Waals surface area contributed by atoms with Gasteiger partial charge in [-0.2, -0.15) is 0 Å². The van der Waals surface area contributed by atoms with E-state index in [9.17, 15) is 4.79 Å². The Balaban J connectivity index is 1.62. The maximum Gasteiger partial charge on any atom is 0.226 e. The third-order valence-corrected chi connectivity index (χ3v) is 4.85. The Morgan fingerprint density at radius 3 is 2.71 bits per heavy atom. The molecule has 2 saturated carbocycles. The largest absolute Gasteiger partial charge is 0.370 e. The van der Waals surface area contributed by atoms with Gasteiger partial charge in [0.15, 0.2) is 0 Å². The molecule has 3 nitrogen and oxygen atoms in total. The fraction of sp³-hybridized carbons (Fsp3) is 0.923. The molecule has 17 heavy (non-hydrogen) atoms. The molecule has 3 fully saturated rings. The summed E-state index contributed by atoms with van der Waals surface area (Å²) in [6.45, 7) is 3.44. The zero-order chi connectivity index (χ0) is 12.0. The zero-order valence-corrected chi connectivity index (χ0v) is 11.0. The number of hydrogen-bond donors (Lipinski definition) is 0. The van der Waals surface area contributed by atoms with Crippen molar-refractivity contribution in [2.45, 2.75) is 38.4 Å². The second-order valence-corrected chi connectivity index (χ2v) is 6.06. The number of ether oxygens (including phenoxy) is 1. The molecule has 3 aliphatic rings. The summed E-state index contributed by atoms with van der Waals surface area (Å²) < 4.78 is 5.68. The summed E-state index contributed by atoms with van der Waals surface area (Å²) in [5, 5.41) is 0. The van der Waals surface area contributed by atoms with Crippen LogP contribution in [0.25, 0.3) is 0 Å². The average Bonchev–Trinajstić information content (AvgIpc) is 2.80. The van der Waals surface area contributed by atoms with Gasteiger partial charge in [0.25, 0.3) is 0 Å². The van der Waals surface area contributed by atoms with Crippen molar-refractivity contribution >= 4 is 17.5 Å². The predicted octanol–water partition coefficient (Wildman–Crippen LogP) is 1.89. The SMILES string of the molecule is CC1CN(C(=O)C2C3CCCC32)CC(CCl)O1. The Labute approximate surface area is 107 Å². The van der Waals surface area contributed by atoms with Crippen LogP contribution in [0.3, 0.4) is 0 Å². The number of nitrogens with zero attached hydrogens (tertiary/aromatic N) is 1. The zero-order valence-electron chi connectivity index (χ0n) is 10.3. The Hall–Kier alpha value is -0.280. The molecule has 1 aliphatic heterocycles. The minimum absolute atomic E-state index is 0.0166. The molecule has 4 atom stereocenters. The summed E-state index contributed by atoms with van der Waals surface area (Å²) in [4.78, 5) is 14.4. The van der Waals surface area contributed by atoms with Crippen molar-refractivity contribution in [2.24, 2.45) is 17.8 Å². The third kappa shape index (κ3) is 2.08. The molecular formula is C13H20ClNO2. The summed E-state index contributed by atoms with van der Waals surface area (Å²) in [6.07, 6.45) is 3.99. The number of rotatable bonds is 2. The van der Waals surface area contributed by atoms with Crippen molar-refractivity contribution in [1.29, 1.82) is 0 Å². The molecule has 2 aliphatic carbocycles. The lowest BCUT2D eigenvalue weighted by Gasteiger charge is -2.36. The van der Waals surface area contributed by atoms with Crippen LogP contribution in [0.5, 0.6) is 0 Å². The predicted molar refractivity (Wildman–Crippen MR) is 66.0 cm³/mol. The van der Waals surface area contributed by atoms with Gasteiger partial charge in [-0.05, 0) is 31.6 Å². The number of amides is 1. The van der Waals surface area contributed by atoms with Crippen molar-refractivity contribution in [3.63, 3.8) is 0 Å². The van der Waals surface area contributed by atoms with Gasteiger partial charge in [0.05, 0.1) is 18.1 Å². The maximum atomic E-state index is 12.4. The summed E-state index contributed by atoms with van der Waals surface area (Å²) in [5.74, 6) is 2.59. The van der Waals surface area contributed by atoms with Gasteiger partial charge in [-0.3, -0.25) is 4.79 Å². The second kappa shape index (κ2) is 4.43. The lowest BCUT2D eigenvalue weighted by Crippen LogP contribution is -2.50. The Bertz CT molecular complexity index is 313. The highest BCUT2D eigenvalue weighted by Crippen LogP contribution is 2.58. The first-order valence-electron chi connectivity index (χ1n) is 6.71. The molecule has 0 aromatic carbocycles. The molecule has 1 heterocycles. The number of alkyl halides is 1. The van der Waals surface area contributed by atoms with Gasteiger partial charge in [-0.15, -0.1) is 11.6 Å². The highest BCUT2D eigenvalue weighted by Gasteiger charge is 2.57. The summed E-state index contributed by atoms with van der Waals surface area (Å²) in [5.41, 5.74) is 0. The smallest absolute Gasteiger partial charge is 0.226 e. The second-order valence-electron chi connectivity index (χ2n) is 5.75. The van der Waals surface area contributed by atoms with Crippen LogP contribution in [-0.2, 0) is 9.53 Å². The molecule has 0 aromatic heterocycles. The Morgan fingerprint density at radius 1 is 1.35 bits per heavy atom. The quantitative estimate of drug-likeness (QED) is 0.707. The van der Waals surface area contributed by atoms with Crippen LogP contribution in [0.15, 0.2) is 0 Å². The van der Waals surface area contributed by atoms with Crippen LogP contribution in [-0.4, -0.2) is 42.0 Å². The van der Waals surface area contributed by atoms with E-state index in [0.717, 1.165) is 6.54 Å². The standard InChI is InChI=1S/C13H20ClNO2/c1-8-6-15(7-9(5-14)17-8)13(16)12-10-3-2-4-11(10)12/h8-12H,2-7H2,1H3. The number of carbonyl (C=O) groups excluding carboxylic acids is 1. The van der Waals surface area contributed by atoms with Crippen LogP contribution in [0.1, 0.15) is 26.2 Å². The van der Waals surface area contributed by atoms with E-state index in [0.29, 0.717) is 36.1 Å². The summed E-state index contributed by atoms with van der Waals surface area (Å²) in [7, 11) is 0. The third-order valence-electron chi connectivity index (χ3n) is 4.50. The van der Waals surface area contributed by atoms with Gasteiger partial charge in [-0.1, -0.05) is 6.42 Å². The van der Waals surface area contributed by atoms with Gasteiger partial charge in [-0.25, -0.2) is 0 Å². The van der Waals surface area contributed by atoms with Crippen molar-refractivity contribution in [3.8, 4) is 0 Å². The Morgan fingerprint density at radius 2 is 2.06 bits per heavy atom. The summed E-state index contributed by atoms with van der Waals surface area (Å²) in [6, 6.07) is 0. The maximum absolute atomic E-state index is 12.4. The molecule has 0 aromatic rings. The Kier molecular flexibility index (Phi) is 3.07. The highest BCUT2D eigenvalue weighted by atomic mass is 35.5. The molecule has 1 saturated heterocycles. The molecule has 0 spiro atoms. The number of morpholine rings is 1. The van der Waals surface area contributed by atoms with Gasteiger partial charge in [0.2, 0.25) is 5.91 Å². The van der Waals surface area contributed by atoms with E-state index in [4.69, 9.17) is 16.3 Å².